The molecule has 0 fully saturated rings. The minimum absolute atomic E-state index is 0.00145. The van der Waals surface area contributed by atoms with Gasteiger partial charge in [0.2, 0.25) is 10.0 Å². The molecule has 0 saturated heterocycles. The highest BCUT2D eigenvalue weighted by Crippen LogP contribution is 2.27. The molecule has 2 aromatic heterocycles. The Morgan fingerprint density at radius 3 is 2.69 bits per heavy atom. The number of pyridine rings is 1. The van der Waals surface area contributed by atoms with Crippen molar-refractivity contribution in [2.75, 3.05) is 12.4 Å². The zero-order valence-electron chi connectivity index (χ0n) is 16.0. The second kappa shape index (κ2) is 8.58. The van der Waals surface area contributed by atoms with Gasteiger partial charge in [-0.3, -0.25) is 15.1 Å². The smallest absolute Gasteiger partial charge is 0.259 e. The van der Waals surface area contributed by atoms with E-state index in [1.807, 2.05) is 6.07 Å². The van der Waals surface area contributed by atoms with Gasteiger partial charge in [-0.05, 0) is 44.2 Å². The third kappa shape index (κ3) is 4.64. The van der Waals surface area contributed by atoms with Gasteiger partial charge in [-0.25, -0.2) is 13.4 Å². The fraction of sp³-hybridized carbons (Fsp3) is 0.211. The van der Waals surface area contributed by atoms with E-state index < -0.39 is 15.9 Å². The van der Waals surface area contributed by atoms with E-state index in [1.165, 1.54) is 40.9 Å². The van der Waals surface area contributed by atoms with E-state index in [2.05, 4.69) is 15.3 Å². The van der Waals surface area contributed by atoms with Gasteiger partial charge >= 0.3 is 0 Å². The summed E-state index contributed by atoms with van der Waals surface area (Å²) in [5.74, 6) is -0.536. The van der Waals surface area contributed by atoms with Crippen molar-refractivity contribution in [3.63, 3.8) is 0 Å². The maximum Gasteiger partial charge on any atom is 0.259 e. The number of nitrogens with zero attached hydrogens (tertiary/aromatic N) is 3. The quantitative estimate of drug-likeness (QED) is 0.609. The van der Waals surface area contributed by atoms with E-state index in [4.69, 9.17) is 11.6 Å². The van der Waals surface area contributed by atoms with Crippen LogP contribution in [0, 0.1) is 0 Å². The van der Waals surface area contributed by atoms with Crippen LogP contribution in [0.15, 0.2) is 53.0 Å². The van der Waals surface area contributed by atoms with Gasteiger partial charge in [0, 0.05) is 36.4 Å². The van der Waals surface area contributed by atoms with Crippen molar-refractivity contribution in [3.05, 3.63) is 58.7 Å². The summed E-state index contributed by atoms with van der Waals surface area (Å²) in [5.41, 5.74) is 1.56. The molecular formula is C19H19ClN4O3S2. The molecule has 10 heteroatoms. The highest BCUT2D eigenvalue weighted by atomic mass is 35.5. The summed E-state index contributed by atoms with van der Waals surface area (Å²) < 4.78 is 26.7. The van der Waals surface area contributed by atoms with E-state index in [0.29, 0.717) is 10.8 Å². The molecule has 0 bridgehead atoms. The number of anilines is 1. The molecule has 29 heavy (non-hydrogen) atoms. The first-order chi connectivity index (χ1) is 13.7. The lowest BCUT2D eigenvalue weighted by atomic mass is 10.2. The molecule has 1 amide bonds. The number of rotatable bonds is 6. The summed E-state index contributed by atoms with van der Waals surface area (Å²) in [4.78, 5) is 21.1. The highest BCUT2D eigenvalue weighted by Gasteiger charge is 2.25. The van der Waals surface area contributed by atoms with Gasteiger partial charge < -0.3 is 0 Å². The molecule has 1 N–H and O–H groups in total. The Morgan fingerprint density at radius 2 is 2.03 bits per heavy atom. The Hall–Kier alpha value is -2.33. The second-order valence-corrected chi connectivity index (χ2v) is 9.75. The van der Waals surface area contributed by atoms with Gasteiger partial charge in [-0.15, -0.1) is 11.3 Å². The normalized spacial score (nSPS) is 11.8. The van der Waals surface area contributed by atoms with E-state index in [1.54, 1.807) is 37.7 Å². The van der Waals surface area contributed by atoms with Gasteiger partial charge in [0.05, 0.1) is 21.2 Å². The van der Waals surface area contributed by atoms with Crippen molar-refractivity contribution in [2.24, 2.45) is 0 Å². The number of sulfonamides is 1. The fourth-order valence-electron chi connectivity index (χ4n) is 2.43. The van der Waals surface area contributed by atoms with Gasteiger partial charge in [-0.2, -0.15) is 4.31 Å². The van der Waals surface area contributed by atoms with Crippen LogP contribution in [0.2, 0.25) is 5.02 Å². The molecule has 3 rings (SSSR count). The predicted molar refractivity (Wildman–Crippen MR) is 115 cm³/mol. The molecule has 1 aromatic carbocycles. The number of hydrogen-bond donors (Lipinski definition) is 1. The minimum Gasteiger partial charge on any atom is -0.298 e. The van der Waals surface area contributed by atoms with Crippen molar-refractivity contribution in [3.8, 4) is 11.3 Å². The average Bonchev–Trinajstić information content (AvgIpc) is 3.16. The number of thiazole rings is 1. The molecule has 0 spiro atoms. The van der Waals surface area contributed by atoms with E-state index in [0.717, 1.165) is 5.56 Å². The summed E-state index contributed by atoms with van der Waals surface area (Å²) in [6.45, 7) is 3.53. The van der Waals surface area contributed by atoms with Crippen LogP contribution >= 0.6 is 22.9 Å². The molecule has 7 nitrogen and oxygen atoms in total. The Bertz CT molecular complexity index is 1130. The summed E-state index contributed by atoms with van der Waals surface area (Å²) in [6, 6.07) is 7.50. The number of hydrogen-bond acceptors (Lipinski definition) is 6. The van der Waals surface area contributed by atoms with Crippen LogP contribution < -0.4 is 5.32 Å². The third-order valence-corrected chi connectivity index (χ3v) is 7.39. The molecule has 0 saturated carbocycles. The third-order valence-electron chi connectivity index (χ3n) is 4.27. The van der Waals surface area contributed by atoms with Crippen molar-refractivity contribution in [2.45, 2.75) is 24.8 Å². The molecule has 152 valence electrons. The lowest BCUT2D eigenvalue weighted by molar-refractivity contribution is 0.102. The molecule has 2 heterocycles. The number of halogens is 1. The van der Waals surface area contributed by atoms with Crippen LogP contribution in [0.25, 0.3) is 11.3 Å². The Labute approximate surface area is 178 Å². The summed E-state index contributed by atoms with van der Waals surface area (Å²) in [7, 11) is -2.25. The first-order valence-electron chi connectivity index (χ1n) is 8.65. The molecule has 0 atom stereocenters. The topological polar surface area (TPSA) is 92.3 Å². The monoisotopic (exact) mass is 450 g/mol. The zero-order chi connectivity index (χ0) is 21.2. The number of amides is 1. The van der Waals surface area contributed by atoms with E-state index in [9.17, 15) is 13.2 Å². The number of benzene rings is 1. The lowest BCUT2D eigenvalue weighted by Crippen LogP contribution is -2.33. The molecule has 0 aliphatic heterocycles. The number of carbonyl (C=O) groups is 1. The number of nitrogens with one attached hydrogen (secondary N) is 1. The molecule has 0 aliphatic rings. The lowest BCUT2D eigenvalue weighted by Gasteiger charge is -2.21. The first-order valence-corrected chi connectivity index (χ1v) is 11.3. The highest BCUT2D eigenvalue weighted by molar-refractivity contribution is 7.89. The van der Waals surface area contributed by atoms with Crippen molar-refractivity contribution in [1.29, 1.82) is 0 Å². The molecule has 0 unspecified atom stereocenters. The van der Waals surface area contributed by atoms with Crippen molar-refractivity contribution in [1.82, 2.24) is 14.3 Å². The van der Waals surface area contributed by atoms with Crippen molar-refractivity contribution >= 4 is 44.0 Å². The second-order valence-electron chi connectivity index (χ2n) is 6.49. The summed E-state index contributed by atoms with van der Waals surface area (Å²) >= 11 is 7.41. The van der Waals surface area contributed by atoms with Crippen LogP contribution in [0.3, 0.4) is 0 Å². The Balaban J connectivity index is 1.86. The average molecular weight is 451 g/mol. The van der Waals surface area contributed by atoms with E-state index in [-0.39, 0.29) is 21.5 Å². The summed E-state index contributed by atoms with van der Waals surface area (Å²) in [6.07, 6.45) is 3.34. The van der Waals surface area contributed by atoms with Crippen molar-refractivity contribution < 1.29 is 13.2 Å². The zero-order valence-corrected chi connectivity index (χ0v) is 18.3. The standard InChI is InChI=1S/C19H19ClN4O3S2/c1-12(2)24(3)29(26,27)14-6-7-16(20)15(9-14)18(25)23-19-22-17(11-28-19)13-5-4-8-21-10-13/h4-12H,1-3H3,(H,22,23,25). The number of aromatic nitrogens is 2. The van der Waals surface area contributed by atoms with E-state index >= 15 is 0 Å². The molecular weight excluding hydrogens is 432 g/mol. The van der Waals surface area contributed by atoms with Gasteiger partial charge in [0.15, 0.2) is 5.13 Å². The van der Waals surface area contributed by atoms with Crippen LogP contribution in [-0.2, 0) is 10.0 Å². The summed E-state index contributed by atoms with van der Waals surface area (Å²) in [5, 5.41) is 5.00. The van der Waals surface area contributed by atoms with Gasteiger partial charge in [0.25, 0.3) is 5.91 Å². The maximum atomic E-state index is 12.7. The number of carbonyl (C=O) groups excluding carboxylic acids is 1. The molecule has 0 aliphatic carbocycles. The molecule has 3 aromatic rings. The maximum absolute atomic E-state index is 12.7. The largest absolute Gasteiger partial charge is 0.298 e. The predicted octanol–water partition coefficient (Wildman–Crippen LogP) is 4.14. The van der Waals surface area contributed by atoms with Crippen LogP contribution in [-0.4, -0.2) is 41.7 Å². The Kier molecular flexibility index (Phi) is 6.33. The first kappa shape index (κ1) is 21.4. The fourth-order valence-corrected chi connectivity index (χ4v) is 4.74. The Morgan fingerprint density at radius 1 is 1.28 bits per heavy atom. The van der Waals surface area contributed by atoms with Crippen LogP contribution in [0.5, 0.6) is 0 Å². The minimum atomic E-state index is -3.74. The molecule has 0 radical (unpaired) electrons. The SMILES string of the molecule is CC(C)N(C)S(=O)(=O)c1ccc(Cl)c(C(=O)Nc2nc(-c3cccnc3)cs2)c1. The van der Waals surface area contributed by atoms with Gasteiger partial charge in [0.1, 0.15) is 0 Å². The van der Waals surface area contributed by atoms with Crippen LogP contribution in [0.1, 0.15) is 24.2 Å². The van der Waals surface area contributed by atoms with Crippen LogP contribution in [0.4, 0.5) is 5.13 Å². The van der Waals surface area contributed by atoms with Gasteiger partial charge in [-0.1, -0.05) is 11.6 Å².